The van der Waals surface area contributed by atoms with E-state index in [1.165, 1.54) is 0 Å². The van der Waals surface area contributed by atoms with Gasteiger partial charge in [-0.1, -0.05) is 30.3 Å². The molecule has 0 aliphatic carbocycles. The van der Waals surface area contributed by atoms with E-state index < -0.39 is 54.3 Å². The maximum Gasteiger partial charge on any atom is 0.326 e. The summed E-state index contributed by atoms with van der Waals surface area (Å²) in [5.41, 5.74) is 6.23. The number of carboxylic acids is 2. The Hall–Kier alpha value is -3.51. The molecule has 1 fully saturated rings. The Morgan fingerprint density at radius 1 is 0.919 bits per heavy atom. The fourth-order valence-electron chi connectivity index (χ4n) is 4.07. The number of hydrogen-bond donors (Lipinski definition) is 7. The Kier molecular flexibility index (Phi) is 12.5. The van der Waals surface area contributed by atoms with Gasteiger partial charge in [-0.15, -0.1) is 0 Å². The van der Waals surface area contributed by atoms with Crippen LogP contribution in [0.25, 0.3) is 0 Å². The smallest absolute Gasteiger partial charge is 0.326 e. The molecule has 1 aromatic rings. The first kappa shape index (κ1) is 29.7. The summed E-state index contributed by atoms with van der Waals surface area (Å²) < 4.78 is 0. The summed E-state index contributed by atoms with van der Waals surface area (Å²) in [5, 5.41) is 29.3. The molecule has 4 unspecified atom stereocenters. The van der Waals surface area contributed by atoms with Crippen LogP contribution in [0, 0.1) is 0 Å². The molecule has 37 heavy (non-hydrogen) atoms. The monoisotopic (exact) mass is 519 g/mol. The zero-order valence-corrected chi connectivity index (χ0v) is 20.8. The van der Waals surface area contributed by atoms with Crippen LogP contribution in [0.5, 0.6) is 0 Å². The van der Waals surface area contributed by atoms with Crippen molar-refractivity contribution < 1.29 is 34.2 Å². The van der Waals surface area contributed by atoms with Crippen LogP contribution >= 0.6 is 0 Å². The summed E-state index contributed by atoms with van der Waals surface area (Å²) in [6.45, 7) is 1.07. The molecule has 0 bridgehead atoms. The Morgan fingerprint density at radius 3 is 2.19 bits per heavy atom. The fourth-order valence-corrected chi connectivity index (χ4v) is 4.07. The molecule has 0 aromatic heterocycles. The van der Waals surface area contributed by atoms with Crippen LogP contribution in [0.4, 0.5) is 0 Å². The summed E-state index contributed by atoms with van der Waals surface area (Å²) in [5.74, 6) is -4.24. The number of unbranched alkanes of at least 4 members (excludes halogenated alkanes) is 1. The highest BCUT2D eigenvalue weighted by atomic mass is 16.4. The zero-order valence-electron chi connectivity index (χ0n) is 20.8. The third kappa shape index (κ3) is 10.6. The van der Waals surface area contributed by atoms with Gasteiger partial charge in [-0.3, -0.25) is 19.2 Å². The zero-order chi connectivity index (χ0) is 27.2. The summed E-state index contributed by atoms with van der Waals surface area (Å²) in [6.07, 6.45) is 2.13. The number of carbonyl (C=O) groups excluding carboxylic acids is 3. The molecule has 204 valence electrons. The van der Waals surface area contributed by atoms with Crippen molar-refractivity contribution in [2.75, 3.05) is 13.1 Å². The molecule has 0 saturated carbocycles. The Morgan fingerprint density at radius 2 is 1.59 bits per heavy atom. The van der Waals surface area contributed by atoms with E-state index in [2.05, 4.69) is 21.3 Å². The highest BCUT2D eigenvalue weighted by Crippen LogP contribution is 2.09. The van der Waals surface area contributed by atoms with Gasteiger partial charge in [0.15, 0.2) is 0 Å². The van der Waals surface area contributed by atoms with Crippen LogP contribution in [0.2, 0.25) is 0 Å². The van der Waals surface area contributed by atoms with Gasteiger partial charge in [-0.2, -0.15) is 0 Å². The third-order valence-electron chi connectivity index (χ3n) is 6.13. The lowest BCUT2D eigenvalue weighted by Crippen LogP contribution is -2.57. The van der Waals surface area contributed by atoms with Gasteiger partial charge in [-0.05, 0) is 57.2 Å². The molecule has 0 spiro atoms. The quantitative estimate of drug-likeness (QED) is 0.141. The van der Waals surface area contributed by atoms with Gasteiger partial charge in [0.25, 0.3) is 0 Å². The van der Waals surface area contributed by atoms with Gasteiger partial charge in [0.1, 0.15) is 18.1 Å². The largest absolute Gasteiger partial charge is 0.481 e. The molecule has 8 N–H and O–H groups in total. The van der Waals surface area contributed by atoms with Crippen molar-refractivity contribution in [3.8, 4) is 0 Å². The summed E-state index contributed by atoms with van der Waals surface area (Å²) in [7, 11) is 0. The number of hydrogen-bond acceptors (Lipinski definition) is 7. The lowest BCUT2D eigenvalue weighted by molar-refractivity contribution is -0.143. The highest BCUT2D eigenvalue weighted by molar-refractivity contribution is 5.94. The maximum absolute atomic E-state index is 13.3. The van der Waals surface area contributed by atoms with E-state index in [9.17, 15) is 29.1 Å². The Balaban J connectivity index is 2.16. The molecule has 1 aromatic carbocycles. The van der Waals surface area contributed by atoms with Gasteiger partial charge in [0.2, 0.25) is 17.7 Å². The number of nitrogens with one attached hydrogen (secondary N) is 4. The number of amides is 3. The number of carbonyl (C=O) groups is 5. The van der Waals surface area contributed by atoms with Crippen molar-refractivity contribution >= 4 is 29.7 Å². The van der Waals surface area contributed by atoms with Crippen LogP contribution < -0.4 is 27.0 Å². The molecule has 1 aliphatic rings. The second-order valence-corrected chi connectivity index (χ2v) is 9.08. The van der Waals surface area contributed by atoms with Gasteiger partial charge in [0, 0.05) is 12.8 Å². The van der Waals surface area contributed by atoms with Gasteiger partial charge < -0.3 is 37.2 Å². The van der Waals surface area contributed by atoms with E-state index in [0.29, 0.717) is 32.4 Å². The van der Waals surface area contributed by atoms with Crippen LogP contribution in [0.3, 0.4) is 0 Å². The first-order chi connectivity index (χ1) is 17.7. The first-order valence-electron chi connectivity index (χ1n) is 12.5. The predicted molar refractivity (Wildman–Crippen MR) is 134 cm³/mol. The van der Waals surface area contributed by atoms with Crippen molar-refractivity contribution in [1.29, 1.82) is 0 Å². The number of carboxylic acid groups (broad SMARTS) is 2. The van der Waals surface area contributed by atoms with E-state index in [1.54, 1.807) is 24.3 Å². The average Bonchev–Trinajstić information content (AvgIpc) is 3.41. The number of benzene rings is 1. The van der Waals surface area contributed by atoms with Crippen molar-refractivity contribution in [2.45, 2.75) is 75.5 Å². The molecule has 1 heterocycles. The average molecular weight is 520 g/mol. The van der Waals surface area contributed by atoms with E-state index in [-0.39, 0.29) is 25.2 Å². The second-order valence-electron chi connectivity index (χ2n) is 9.08. The molecule has 2 rings (SSSR count). The van der Waals surface area contributed by atoms with Crippen LogP contribution in [-0.4, -0.2) is 77.1 Å². The van der Waals surface area contributed by atoms with Gasteiger partial charge in [0.05, 0.1) is 6.04 Å². The first-order valence-corrected chi connectivity index (χ1v) is 12.5. The predicted octanol–water partition coefficient (Wildman–Crippen LogP) is -0.486. The van der Waals surface area contributed by atoms with Crippen LogP contribution in [-0.2, 0) is 30.4 Å². The lowest BCUT2D eigenvalue weighted by atomic mass is 10.0. The molecule has 4 atom stereocenters. The van der Waals surface area contributed by atoms with E-state index in [4.69, 9.17) is 10.8 Å². The summed E-state index contributed by atoms with van der Waals surface area (Å²) >= 11 is 0. The molecule has 0 radical (unpaired) electrons. The van der Waals surface area contributed by atoms with Gasteiger partial charge >= 0.3 is 11.9 Å². The second kappa shape index (κ2) is 15.6. The van der Waals surface area contributed by atoms with Crippen LogP contribution in [0.1, 0.15) is 50.5 Å². The van der Waals surface area contributed by atoms with Crippen molar-refractivity contribution in [1.82, 2.24) is 21.3 Å². The summed E-state index contributed by atoms with van der Waals surface area (Å²) in [6, 6.07) is 5.03. The summed E-state index contributed by atoms with van der Waals surface area (Å²) in [4.78, 5) is 61.8. The third-order valence-corrected chi connectivity index (χ3v) is 6.13. The minimum atomic E-state index is -1.31. The minimum absolute atomic E-state index is 0.138. The number of aliphatic carboxylic acids is 2. The highest BCUT2D eigenvalue weighted by Gasteiger charge is 2.31. The normalized spacial score (nSPS) is 17.3. The van der Waals surface area contributed by atoms with Crippen LogP contribution in [0.15, 0.2) is 30.3 Å². The Bertz CT molecular complexity index is 921. The lowest BCUT2D eigenvalue weighted by Gasteiger charge is -2.25. The van der Waals surface area contributed by atoms with Crippen molar-refractivity contribution in [3.63, 3.8) is 0 Å². The molecule has 1 aliphatic heterocycles. The van der Waals surface area contributed by atoms with E-state index >= 15 is 0 Å². The van der Waals surface area contributed by atoms with E-state index in [1.807, 2.05) is 6.07 Å². The molecule has 3 amide bonds. The van der Waals surface area contributed by atoms with Crippen molar-refractivity contribution in [3.05, 3.63) is 35.9 Å². The van der Waals surface area contributed by atoms with Crippen molar-refractivity contribution in [2.24, 2.45) is 5.73 Å². The number of rotatable bonds is 16. The number of nitrogens with two attached hydrogens (primary N) is 1. The minimum Gasteiger partial charge on any atom is -0.481 e. The van der Waals surface area contributed by atoms with Gasteiger partial charge in [-0.25, -0.2) is 4.79 Å². The van der Waals surface area contributed by atoms with E-state index in [0.717, 1.165) is 12.0 Å². The standard InChI is InChI=1S/C25H37N5O7/c26-13-5-4-9-19(25(36)37)29-23(34)18(11-12-21(31)32)28-24(35)20(15-16-7-2-1-3-8-16)30-22(33)17-10-6-14-27-17/h1-3,7-8,17-20,27H,4-6,9-15,26H2,(H,28,35)(H,29,34)(H,30,33)(H,31,32)(H,36,37). The SMILES string of the molecule is NCCCCC(NC(=O)C(CCC(=O)O)NC(=O)C(Cc1ccccc1)NC(=O)C1CCCN1)C(=O)O. The molecule has 12 heteroatoms. The molecule has 1 saturated heterocycles. The topological polar surface area (TPSA) is 200 Å². The molecular formula is C25H37N5O7. The Labute approximate surface area is 215 Å². The fraction of sp³-hybridized carbons (Fsp3) is 0.560. The maximum atomic E-state index is 13.3. The molecule has 12 nitrogen and oxygen atoms in total. The molecular weight excluding hydrogens is 482 g/mol.